The van der Waals surface area contributed by atoms with Crippen molar-refractivity contribution in [2.75, 3.05) is 11.4 Å². The summed E-state index contributed by atoms with van der Waals surface area (Å²) < 4.78 is 2.48. The number of benzene rings is 2. The smallest absolute Gasteiger partial charge is 0.323 e. The summed E-state index contributed by atoms with van der Waals surface area (Å²) in [4.78, 5) is 43.6. The largest absolute Gasteiger partial charge is 0.480 e. The maximum Gasteiger partial charge on any atom is 0.323 e. The number of fused-ring (bicyclic) bond motifs is 4. The standard InChI is InChI=1S/C19H10BrN3O4S/c20-9-5-6-12-10(7-9)15(17(26)22(12)8-14(24)25)16-18(27)23-13-4-2-1-3-11(13)21-19(23)28-16/h1-7H,8H2,(H,24,25)/b16-15+. The second kappa shape index (κ2) is 5.98. The number of rotatable bonds is 2. The van der Waals surface area contributed by atoms with Crippen LogP contribution < -0.4 is 15.0 Å². The average molecular weight is 456 g/mol. The van der Waals surface area contributed by atoms with Gasteiger partial charge in [0.25, 0.3) is 11.5 Å². The fraction of sp³-hybridized carbons (Fsp3) is 0.0526. The van der Waals surface area contributed by atoms with Crippen molar-refractivity contribution < 1.29 is 14.7 Å². The van der Waals surface area contributed by atoms with E-state index in [2.05, 4.69) is 20.9 Å². The molecule has 1 aliphatic heterocycles. The Balaban J connectivity index is 1.88. The Bertz CT molecular complexity index is 1440. The van der Waals surface area contributed by atoms with Crippen molar-refractivity contribution in [2.45, 2.75) is 0 Å². The third-order valence-corrected chi connectivity index (χ3v) is 6.15. The molecule has 0 radical (unpaired) electrons. The zero-order chi connectivity index (χ0) is 19.6. The van der Waals surface area contributed by atoms with E-state index in [1.807, 2.05) is 18.2 Å². The van der Waals surface area contributed by atoms with Gasteiger partial charge in [-0.2, -0.15) is 0 Å². The minimum Gasteiger partial charge on any atom is -0.480 e. The summed E-state index contributed by atoms with van der Waals surface area (Å²) >= 11 is 4.52. The van der Waals surface area contributed by atoms with Crippen molar-refractivity contribution in [1.29, 1.82) is 0 Å². The molecule has 0 bridgehead atoms. The number of hydrogen-bond acceptors (Lipinski definition) is 5. The van der Waals surface area contributed by atoms with Crippen molar-refractivity contribution in [1.82, 2.24) is 9.38 Å². The number of hydrogen-bond donors (Lipinski definition) is 1. The van der Waals surface area contributed by atoms with E-state index in [0.717, 1.165) is 15.8 Å². The quantitative estimate of drug-likeness (QED) is 0.499. The Morgan fingerprint density at radius 2 is 1.96 bits per heavy atom. The number of para-hydroxylation sites is 2. The summed E-state index contributed by atoms with van der Waals surface area (Å²) in [6, 6.07) is 12.4. The van der Waals surface area contributed by atoms with E-state index in [-0.39, 0.29) is 15.7 Å². The summed E-state index contributed by atoms with van der Waals surface area (Å²) in [5, 5.41) is 9.20. The van der Waals surface area contributed by atoms with Gasteiger partial charge in [-0.3, -0.25) is 19.3 Å². The second-order valence-electron chi connectivity index (χ2n) is 6.28. The van der Waals surface area contributed by atoms with Gasteiger partial charge in [-0.25, -0.2) is 9.38 Å². The third-order valence-electron chi connectivity index (χ3n) is 4.62. The van der Waals surface area contributed by atoms with E-state index in [0.29, 0.717) is 27.2 Å². The zero-order valence-electron chi connectivity index (χ0n) is 14.0. The highest BCUT2D eigenvalue weighted by atomic mass is 79.9. The Labute approximate surface area is 169 Å². The summed E-state index contributed by atoms with van der Waals surface area (Å²) in [6.07, 6.45) is 0. The number of halogens is 1. The topological polar surface area (TPSA) is 92.0 Å². The maximum absolute atomic E-state index is 13.2. The molecule has 138 valence electrons. The molecule has 0 fully saturated rings. The number of imidazole rings is 1. The molecule has 2 aromatic carbocycles. The van der Waals surface area contributed by atoms with Gasteiger partial charge in [0.2, 0.25) is 0 Å². The van der Waals surface area contributed by atoms with Gasteiger partial charge < -0.3 is 5.11 Å². The highest BCUT2D eigenvalue weighted by Gasteiger charge is 2.35. The lowest BCUT2D eigenvalue weighted by Crippen LogP contribution is -2.35. The molecule has 9 heteroatoms. The Kier molecular flexibility index (Phi) is 3.65. The summed E-state index contributed by atoms with van der Waals surface area (Å²) in [5.74, 6) is -1.63. The van der Waals surface area contributed by atoms with Gasteiger partial charge in [0.15, 0.2) is 4.96 Å². The number of carbonyl (C=O) groups is 2. The molecule has 1 aliphatic rings. The molecule has 3 heterocycles. The van der Waals surface area contributed by atoms with Crippen LogP contribution in [0.5, 0.6) is 0 Å². The van der Waals surface area contributed by atoms with Crippen LogP contribution in [0, 0.1) is 0 Å². The van der Waals surface area contributed by atoms with Gasteiger partial charge in [0.05, 0.1) is 22.3 Å². The third kappa shape index (κ3) is 2.33. The summed E-state index contributed by atoms with van der Waals surface area (Å²) in [7, 11) is 0. The Morgan fingerprint density at radius 1 is 1.18 bits per heavy atom. The number of amides is 1. The first-order valence-corrected chi connectivity index (χ1v) is 9.84. The summed E-state index contributed by atoms with van der Waals surface area (Å²) in [5.41, 5.74) is 2.26. The van der Waals surface area contributed by atoms with Gasteiger partial charge in [0.1, 0.15) is 11.1 Å². The van der Waals surface area contributed by atoms with Gasteiger partial charge >= 0.3 is 5.97 Å². The van der Waals surface area contributed by atoms with Gasteiger partial charge in [-0.15, -0.1) is 0 Å². The van der Waals surface area contributed by atoms with Crippen LogP contribution in [0.4, 0.5) is 5.69 Å². The molecule has 2 aromatic heterocycles. The number of carbonyl (C=O) groups excluding carboxylic acids is 1. The van der Waals surface area contributed by atoms with Gasteiger partial charge in [0, 0.05) is 10.0 Å². The van der Waals surface area contributed by atoms with Gasteiger partial charge in [-0.05, 0) is 30.3 Å². The highest BCUT2D eigenvalue weighted by molar-refractivity contribution is 9.10. The maximum atomic E-state index is 13.2. The van der Waals surface area contributed by atoms with Crippen molar-refractivity contribution in [2.24, 2.45) is 0 Å². The SMILES string of the molecule is O=C(O)CN1C(=O)/C(=c2/sc3nc4ccccc4n3c2=O)c2cc(Br)ccc21. The number of nitrogens with zero attached hydrogens (tertiary/aromatic N) is 3. The van der Waals surface area contributed by atoms with E-state index in [1.165, 1.54) is 9.30 Å². The lowest BCUT2D eigenvalue weighted by molar-refractivity contribution is -0.136. The van der Waals surface area contributed by atoms with Crippen LogP contribution in [-0.4, -0.2) is 32.9 Å². The number of carboxylic acids is 1. The van der Waals surface area contributed by atoms with Crippen LogP contribution in [0.3, 0.4) is 0 Å². The molecule has 4 aromatic rings. The van der Waals surface area contributed by atoms with E-state index in [1.54, 1.807) is 24.3 Å². The van der Waals surface area contributed by atoms with E-state index in [4.69, 9.17) is 0 Å². The van der Waals surface area contributed by atoms with Crippen molar-refractivity contribution in [3.63, 3.8) is 0 Å². The number of thiazole rings is 1. The van der Waals surface area contributed by atoms with Crippen LogP contribution in [0.1, 0.15) is 5.56 Å². The van der Waals surface area contributed by atoms with Crippen molar-refractivity contribution >= 4 is 66.4 Å². The van der Waals surface area contributed by atoms with E-state index >= 15 is 0 Å². The summed E-state index contributed by atoms with van der Waals surface area (Å²) in [6.45, 7) is -0.476. The first kappa shape index (κ1) is 17.1. The lowest BCUT2D eigenvalue weighted by Gasteiger charge is -2.13. The fourth-order valence-corrected chi connectivity index (χ4v) is 4.92. The van der Waals surface area contributed by atoms with Crippen LogP contribution in [0.2, 0.25) is 0 Å². The number of aliphatic carboxylic acids is 1. The molecular formula is C19H10BrN3O4S. The van der Waals surface area contributed by atoms with E-state index in [9.17, 15) is 19.5 Å². The minimum absolute atomic E-state index is 0.210. The predicted molar refractivity (Wildman–Crippen MR) is 109 cm³/mol. The molecule has 0 saturated carbocycles. The van der Waals surface area contributed by atoms with Gasteiger partial charge in [-0.1, -0.05) is 39.4 Å². The average Bonchev–Trinajstić information content (AvgIpc) is 3.25. The molecule has 28 heavy (non-hydrogen) atoms. The molecule has 0 aliphatic carbocycles. The second-order valence-corrected chi connectivity index (χ2v) is 8.17. The van der Waals surface area contributed by atoms with Crippen LogP contribution >= 0.6 is 27.3 Å². The van der Waals surface area contributed by atoms with Crippen LogP contribution in [0.25, 0.3) is 21.6 Å². The predicted octanol–water partition coefficient (Wildman–Crippen LogP) is 2.02. The molecule has 1 amide bonds. The monoisotopic (exact) mass is 455 g/mol. The fourth-order valence-electron chi connectivity index (χ4n) is 3.48. The number of anilines is 1. The highest BCUT2D eigenvalue weighted by Crippen LogP contribution is 2.37. The molecule has 1 N–H and O–H groups in total. The molecule has 0 atom stereocenters. The molecule has 0 saturated heterocycles. The molecule has 0 unspecified atom stereocenters. The van der Waals surface area contributed by atoms with Crippen molar-refractivity contribution in [3.05, 3.63) is 67.4 Å². The number of aromatic nitrogens is 2. The first-order valence-electron chi connectivity index (χ1n) is 8.23. The van der Waals surface area contributed by atoms with E-state index < -0.39 is 18.4 Å². The molecular weight excluding hydrogens is 446 g/mol. The van der Waals surface area contributed by atoms with Crippen molar-refractivity contribution in [3.8, 4) is 0 Å². The Morgan fingerprint density at radius 3 is 2.75 bits per heavy atom. The molecule has 0 spiro atoms. The lowest BCUT2D eigenvalue weighted by atomic mass is 10.1. The zero-order valence-corrected chi connectivity index (χ0v) is 16.5. The first-order chi connectivity index (χ1) is 13.5. The molecule has 7 nitrogen and oxygen atoms in total. The van der Waals surface area contributed by atoms with Crippen LogP contribution in [0.15, 0.2) is 51.7 Å². The molecule has 5 rings (SSSR count). The number of carboxylic acid groups (broad SMARTS) is 1. The minimum atomic E-state index is -1.13. The van der Waals surface area contributed by atoms with Crippen LogP contribution in [-0.2, 0) is 9.59 Å². The Hall–Kier alpha value is -3.04. The normalized spacial score (nSPS) is 15.6.